The number of nitrogens with one attached hydrogen (secondary N) is 1. The van der Waals surface area contributed by atoms with E-state index in [1.54, 1.807) is 11.3 Å². The van der Waals surface area contributed by atoms with Gasteiger partial charge in [-0.3, -0.25) is 9.59 Å². The zero-order chi connectivity index (χ0) is 19.1. The van der Waals surface area contributed by atoms with E-state index in [0.29, 0.717) is 12.3 Å². The smallest absolute Gasteiger partial charge is 0.228 e. The fraction of sp³-hybridized carbons (Fsp3) is 0.714. The minimum absolute atomic E-state index is 0.0299. The summed E-state index contributed by atoms with van der Waals surface area (Å²) in [6.07, 6.45) is 3.36. The van der Waals surface area contributed by atoms with Gasteiger partial charge >= 0.3 is 0 Å². The van der Waals surface area contributed by atoms with Crippen molar-refractivity contribution in [2.45, 2.75) is 39.5 Å². The Morgan fingerprint density at radius 3 is 2.63 bits per heavy atom. The first kappa shape index (κ1) is 18.9. The Balaban J connectivity index is 1.47. The normalized spacial score (nSPS) is 27.8. The Labute approximate surface area is 166 Å². The van der Waals surface area contributed by atoms with E-state index >= 15 is 0 Å². The summed E-state index contributed by atoms with van der Waals surface area (Å²) in [7, 11) is 0. The molecule has 0 saturated carbocycles. The highest BCUT2D eigenvalue weighted by atomic mass is 32.1. The third-order valence-electron chi connectivity index (χ3n) is 6.91. The fourth-order valence-electron chi connectivity index (χ4n) is 5.65. The van der Waals surface area contributed by atoms with Crippen molar-refractivity contribution in [1.29, 1.82) is 0 Å². The van der Waals surface area contributed by atoms with Crippen molar-refractivity contribution in [3.05, 3.63) is 22.4 Å². The maximum Gasteiger partial charge on any atom is 0.228 e. The highest BCUT2D eigenvalue weighted by Crippen LogP contribution is 2.56. The van der Waals surface area contributed by atoms with Crippen molar-refractivity contribution in [3.8, 4) is 0 Å². The molecule has 0 unspecified atom stereocenters. The highest BCUT2D eigenvalue weighted by Gasteiger charge is 2.63. The molecule has 0 radical (unpaired) electrons. The maximum atomic E-state index is 12.9. The molecule has 1 N–H and O–H groups in total. The molecule has 1 aromatic heterocycles. The zero-order valence-electron chi connectivity index (χ0n) is 16.5. The molecule has 1 aromatic rings. The van der Waals surface area contributed by atoms with Gasteiger partial charge in [0, 0.05) is 49.6 Å². The van der Waals surface area contributed by atoms with Crippen LogP contribution in [-0.2, 0) is 16.0 Å². The van der Waals surface area contributed by atoms with E-state index < -0.39 is 0 Å². The molecule has 4 heterocycles. The van der Waals surface area contributed by atoms with Crippen LogP contribution in [0.2, 0.25) is 0 Å². The van der Waals surface area contributed by atoms with Gasteiger partial charge in [0.2, 0.25) is 11.8 Å². The number of carbonyl (C=O) groups is 2. The third kappa shape index (κ3) is 3.31. The summed E-state index contributed by atoms with van der Waals surface area (Å²) in [5.74, 6) is 1.09. The number of likely N-dealkylation sites (tertiary alicyclic amines) is 2. The minimum Gasteiger partial charge on any atom is -0.356 e. The molecular formula is C21H31N3O2S. The summed E-state index contributed by atoms with van der Waals surface area (Å²) in [4.78, 5) is 31.3. The molecule has 0 aliphatic carbocycles. The lowest BCUT2D eigenvalue weighted by Crippen LogP contribution is -2.53. The molecular weight excluding hydrogens is 358 g/mol. The lowest BCUT2D eigenvalue weighted by Gasteiger charge is -2.46. The first-order valence-electron chi connectivity index (χ1n) is 10.2. The number of fused-ring (bicyclic) bond motifs is 1. The van der Waals surface area contributed by atoms with Gasteiger partial charge in [-0.15, -0.1) is 11.3 Å². The molecule has 4 rings (SSSR count). The summed E-state index contributed by atoms with van der Waals surface area (Å²) in [6.45, 7) is 9.82. The van der Waals surface area contributed by atoms with Crippen LogP contribution < -0.4 is 5.32 Å². The minimum atomic E-state index is -0.245. The van der Waals surface area contributed by atoms with Gasteiger partial charge in [0.1, 0.15) is 0 Å². The van der Waals surface area contributed by atoms with E-state index in [1.165, 1.54) is 0 Å². The third-order valence-corrected chi connectivity index (χ3v) is 7.79. The number of nitrogens with zero attached hydrogens (tertiary/aromatic N) is 2. The molecule has 3 saturated heterocycles. The Hall–Kier alpha value is -1.40. The van der Waals surface area contributed by atoms with Gasteiger partial charge in [-0.1, -0.05) is 19.9 Å². The van der Waals surface area contributed by atoms with Crippen molar-refractivity contribution in [2.24, 2.45) is 16.7 Å². The quantitative estimate of drug-likeness (QED) is 0.860. The second-order valence-corrected chi connectivity index (χ2v) is 10.1. The molecule has 0 aromatic carbocycles. The molecule has 1 atom stereocenters. The molecule has 3 aliphatic heterocycles. The largest absolute Gasteiger partial charge is 0.356 e. The van der Waals surface area contributed by atoms with E-state index in [4.69, 9.17) is 0 Å². The predicted molar refractivity (Wildman–Crippen MR) is 108 cm³/mol. The lowest BCUT2D eigenvalue weighted by molar-refractivity contribution is -0.138. The van der Waals surface area contributed by atoms with E-state index in [-0.39, 0.29) is 22.6 Å². The number of hydrogen-bond donors (Lipinski definition) is 1. The number of carbonyl (C=O) groups excluding carboxylic acids is 2. The zero-order valence-corrected chi connectivity index (χ0v) is 17.3. The average molecular weight is 390 g/mol. The van der Waals surface area contributed by atoms with E-state index in [0.717, 1.165) is 63.4 Å². The molecule has 6 heteroatoms. The van der Waals surface area contributed by atoms with Crippen molar-refractivity contribution < 1.29 is 9.59 Å². The number of hydrogen-bond acceptors (Lipinski definition) is 4. The van der Waals surface area contributed by atoms with Crippen molar-refractivity contribution in [3.63, 3.8) is 0 Å². The van der Waals surface area contributed by atoms with Crippen LogP contribution in [0.15, 0.2) is 17.5 Å². The second kappa shape index (κ2) is 7.21. The Morgan fingerprint density at radius 1 is 1.26 bits per heavy atom. The standard InChI is InChI=1S/C21H31N3O2S/c1-16(2)13-23-14-20(21(15-23)5-8-22-19(21)26)6-9-24(10-7-20)18(25)12-17-4-3-11-27-17/h3-4,11,16H,5-10,12-15H2,1-2H3,(H,22,26)/t21-/m1/s1. The van der Waals surface area contributed by atoms with Crippen LogP contribution in [-0.4, -0.2) is 60.9 Å². The Kier molecular flexibility index (Phi) is 5.06. The maximum absolute atomic E-state index is 12.9. The van der Waals surface area contributed by atoms with Gasteiger partial charge in [0.25, 0.3) is 0 Å². The average Bonchev–Trinajstić information content (AvgIpc) is 3.31. The van der Waals surface area contributed by atoms with E-state index in [1.807, 2.05) is 22.4 Å². The van der Waals surface area contributed by atoms with Gasteiger partial charge in [0.15, 0.2) is 0 Å². The summed E-state index contributed by atoms with van der Waals surface area (Å²) >= 11 is 1.65. The van der Waals surface area contributed by atoms with Gasteiger partial charge in [-0.25, -0.2) is 0 Å². The van der Waals surface area contributed by atoms with Crippen LogP contribution in [0, 0.1) is 16.7 Å². The van der Waals surface area contributed by atoms with E-state index in [2.05, 4.69) is 24.1 Å². The number of thiophene rings is 1. The van der Waals surface area contributed by atoms with E-state index in [9.17, 15) is 9.59 Å². The predicted octanol–water partition coefficient (Wildman–Crippen LogP) is 2.38. The van der Waals surface area contributed by atoms with Gasteiger partial charge < -0.3 is 15.1 Å². The monoisotopic (exact) mass is 389 g/mol. The van der Waals surface area contributed by atoms with Crippen molar-refractivity contribution >= 4 is 23.2 Å². The number of piperidine rings is 1. The Morgan fingerprint density at radius 2 is 2.04 bits per heavy atom. The molecule has 2 spiro atoms. The van der Waals surface area contributed by atoms with Crippen LogP contribution in [0.1, 0.15) is 38.0 Å². The Bertz CT molecular complexity index is 694. The molecule has 148 valence electrons. The van der Waals surface area contributed by atoms with Gasteiger partial charge in [0.05, 0.1) is 11.8 Å². The SMILES string of the molecule is CC(C)CN1CC2(CCN(C(=O)Cc3cccs3)CC2)[C@]2(CCNC2=O)C1. The van der Waals surface area contributed by atoms with Gasteiger partial charge in [-0.2, -0.15) is 0 Å². The molecule has 27 heavy (non-hydrogen) atoms. The summed E-state index contributed by atoms with van der Waals surface area (Å²) in [5.41, 5.74) is -0.215. The summed E-state index contributed by atoms with van der Waals surface area (Å²) in [5, 5.41) is 5.14. The molecule has 5 nitrogen and oxygen atoms in total. The lowest BCUT2D eigenvalue weighted by atomic mass is 9.60. The number of amides is 2. The molecule has 3 fully saturated rings. The van der Waals surface area contributed by atoms with Crippen LogP contribution >= 0.6 is 11.3 Å². The topological polar surface area (TPSA) is 52.6 Å². The first-order chi connectivity index (χ1) is 12.9. The number of rotatable bonds is 4. The van der Waals surface area contributed by atoms with Crippen LogP contribution in [0.4, 0.5) is 0 Å². The van der Waals surface area contributed by atoms with Crippen LogP contribution in [0.5, 0.6) is 0 Å². The fourth-order valence-corrected chi connectivity index (χ4v) is 6.35. The van der Waals surface area contributed by atoms with Crippen LogP contribution in [0.25, 0.3) is 0 Å². The van der Waals surface area contributed by atoms with Gasteiger partial charge in [-0.05, 0) is 36.6 Å². The van der Waals surface area contributed by atoms with Crippen molar-refractivity contribution in [2.75, 3.05) is 39.3 Å². The summed E-state index contributed by atoms with van der Waals surface area (Å²) in [6, 6.07) is 4.04. The highest BCUT2D eigenvalue weighted by molar-refractivity contribution is 7.10. The molecule has 3 aliphatic rings. The van der Waals surface area contributed by atoms with Crippen LogP contribution in [0.3, 0.4) is 0 Å². The second-order valence-electron chi connectivity index (χ2n) is 9.07. The van der Waals surface area contributed by atoms with Crippen molar-refractivity contribution in [1.82, 2.24) is 15.1 Å². The molecule has 0 bridgehead atoms. The first-order valence-corrected chi connectivity index (χ1v) is 11.1. The molecule has 2 amide bonds. The summed E-state index contributed by atoms with van der Waals surface area (Å²) < 4.78 is 0.